The van der Waals surface area contributed by atoms with Gasteiger partial charge in [-0.25, -0.2) is 4.98 Å². The van der Waals surface area contributed by atoms with Gasteiger partial charge in [0.25, 0.3) is 0 Å². The molecule has 1 saturated carbocycles. The molecule has 4 rings (SSSR count). The van der Waals surface area contributed by atoms with E-state index in [-0.39, 0.29) is 18.3 Å². The molecule has 1 aromatic heterocycles. The van der Waals surface area contributed by atoms with E-state index in [2.05, 4.69) is 52.0 Å². The molecular weight excluding hydrogens is 539 g/mol. The van der Waals surface area contributed by atoms with Gasteiger partial charge in [-0.1, -0.05) is 64.3 Å². The maximum Gasteiger partial charge on any atom is 0.123 e. The summed E-state index contributed by atoms with van der Waals surface area (Å²) in [5.74, 6) is 8.50. The lowest BCUT2D eigenvalue weighted by atomic mass is 9.94. The van der Waals surface area contributed by atoms with E-state index < -0.39 is 6.04 Å². The van der Waals surface area contributed by atoms with Gasteiger partial charge in [0.15, 0.2) is 0 Å². The van der Waals surface area contributed by atoms with Crippen LogP contribution in [-0.4, -0.2) is 12.1 Å². The second-order valence-corrected chi connectivity index (χ2v) is 10.9. The van der Waals surface area contributed by atoms with Gasteiger partial charge >= 0.3 is 0 Å². The van der Waals surface area contributed by atoms with Crippen molar-refractivity contribution in [1.82, 2.24) is 4.98 Å². The summed E-state index contributed by atoms with van der Waals surface area (Å²) in [6.07, 6.45) is 3.69. The van der Waals surface area contributed by atoms with E-state index in [1.165, 1.54) is 18.4 Å². The number of methoxy groups -OCH3 is 1. The second-order valence-electron chi connectivity index (χ2n) is 8.31. The van der Waals surface area contributed by atoms with E-state index in [9.17, 15) is 0 Å². The monoisotopic (exact) mass is 564 g/mol. The van der Waals surface area contributed by atoms with Crippen LogP contribution in [0.3, 0.4) is 0 Å². The van der Waals surface area contributed by atoms with Gasteiger partial charge in [0.05, 0.1) is 17.8 Å². The summed E-state index contributed by atoms with van der Waals surface area (Å²) in [6.45, 7) is 4.05. The lowest BCUT2D eigenvalue weighted by molar-refractivity contribution is 0.412. The van der Waals surface area contributed by atoms with Crippen LogP contribution < -0.4 is 10.5 Å². The zero-order valence-corrected chi connectivity index (χ0v) is 22.8. The number of hydrogen-bond donors (Lipinski definition) is 1. The first-order chi connectivity index (χ1) is 15.4. The van der Waals surface area contributed by atoms with Crippen LogP contribution in [0.15, 0.2) is 40.9 Å². The standard InChI is InChI=1S/C26H26BrClN2OS.ClH/c1-15-12-21(22(28)14-24(15)31-3)25-16(2)32-26(30-25)23(29)11-8-19(13-17-4-5-17)18-6-9-20(27)10-7-18;/h6-7,9-10,12,14,17,19,23H,4-5,13,29H2,1-3H3;1H/t19-,23?;/m0./s1. The van der Waals surface area contributed by atoms with Crippen molar-refractivity contribution in [3.8, 4) is 28.8 Å². The van der Waals surface area contributed by atoms with E-state index >= 15 is 0 Å². The van der Waals surface area contributed by atoms with Gasteiger partial charge < -0.3 is 10.5 Å². The Morgan fingerprint density at radius 2 is 1.91 bits per heavy atom. The minimum atomic E-state index is -0.428. The van der Waals surface area contributed by atoms with Crippen molar-refractivity contribution in [3.63, 3.8) is 0 Å². The van der Waals surface area contributed by atoms with Crippen molar-refractivity contribution in [2.45, 2.75) is 45.1 Å². The molecule has 2 atom stereocenters. The highest BCUT2D eigenvalue weighted by atomic mass is 79.9. The van der Waals surface area contributed by atoms with Crippen molar-refractivity contribution in [3.05, 3.63) is 66.9 Å². The fourth-order valence-corrected chi connectivity index (χ4v) is 5.17. The fraction of sp³-hybridized carbons (Fsp3) is 0.346. The summed E-state index contributed by atoms with van der Waals surface area (Å²) in [6, 6.07) is 11.9. The first kappa shape index (κ1) is 26.1. The quantitative estimate of drug-likeness (QED) is 0.309. The van der Waals surface area contributed by atoms with E-state index in [1.54, 1.807) is 18.4 Å². The van der Waals surface area contributed by atoms with Crippen LogP contribution in [0.2, 0.25) is 5.02 Å². The maximum absolute atomic E-state index is 6.53. The lowest BCUT2D eigenvalue weighted by Crippen LogP contribution is -2.08. The molecule has 2 N–H and O–H groups in total. The van der Waals surface area contributed by atoms with Crippen LogP contribution in [0.4, 0.5) is 0 Å². The molecule has 1 aliphatic rings. The van der Waals surface area contributed by atoms with Crippen molar-refractivity contribution >= 4 is 51.3 Å². The van der Waals surface area contributed by atoms with Gasteiger partial charge in [0.1, 0.15) is 16.8 Å². The molecule has 3 aromatic rings. The van der Waals surface area contributed by atoms with Crippen LogP contribution in [0.25, 0.3) is 11.3 Å². The zero-order chi connectivity index (χ0) is 22.8. The molecule has 3 nitrogen and oxygen atoms in total. The molecule has 1 heterocycles. The van der Waals surface area contributed by atoms with E-state index in [0.29, 0.717) is 5.02 Å². The van der Waals surface area contributed by atoms with Gasteiger partial charge in [-0.15, -0.1) is 23.7 Å². The highest BCUT2D eigenvalue weighted by Crippen LogP contribution is 2.39. The van der Waals surface area contributed by atoms with Crippen molar-refractivity contribution in [1.29, 1.82) is 0 Å². The van der Waals surface area contributed by atoms with Crippen molar-refractivity contribution in [2.75, 3.05) is 7.11 Å². The van der Waals surface area contributed by atoms with Gasteiger partial charge in [-0.05, 0) is 61.6 Å². The largest absolute Gasteiger partial charge is 0.496 e. The molecule has 0 amide bonds. The predicted octanol–water partition coefficient (Wildman–Crippen LogP) is 7.86. The average Bonchev–Trinajstić information content (AvgIpc) is 3.52. The van der Waals surface area contributed by atoms with Crippen molar-refractivity contribution in [2.24, 2.45) is 11.7 Å². The molecule has 0 aliphatic heterocycles. The topological polar surface area (TPSA) is 48.1 Å². The SMILES string of the molecule is COc1cc(Cl)c(-c2nc(C(N)C#C[C@@H](CC3CC3)c3ccc(Br)cc3)sc2C)cc1C.Cl. The molecule has 0 radical (unpaired) electrons. The molecular formula is C26H27BrCl2N2OS. The van der Waals surface area contributed by atoms with E-state index in [1.807, 2.05) is 26.0 Å². The Balaban J connectivity index is 0.00000306. The molecule has 0 bridgehead atoms. The Bertz CT molecular complexity index is 1180. The first-order valence-corrected chi connectivity index (χ1v) is 12.7. The molecule has 2 aromatic carbocycles. The summed E-state index contributed by atoms with van der Waals surface area (Å²) in [4.78, 5) is 5.91. The van der Waals surface area contributed by atoms with Gasteiger partial charge in [0, 0.05) is 20.8 Å². The summed E-state index contributed by atoms with van der Waals surface area (Å²) in [5, 5.41) is 1.43. The highest BCUT2D eigenvalue weighted by molar-refractivity contribution is 9.10. The Kier molecular flexibility index (Phi) is 8.89. The third kappa shape index (κ3) is 6.32. The summed E-state index contributed by atoms with van der Waals surface area (Å²) in [5.41, 5.74) is 10.5. The van der Waals surface area contributed by atoms with Gasteiger partial charge in [0.2, 0.25) is 0 Å². The van der Waals surface area contributed by atoms with Crippen LogP contribution in [-0.2, 0) is 0 Å². The number of halogens is 3. The van der Waals surface area contributed by atoms with Crippen LogP contribution >= 0.6 is 51.3 Å². The number of thiazole rings is 1. The summed E-state index contributed by atoms with van der Waals surface area (Å²) in [7, 11) is 1.65. The molecule has 1 fully saturated rings. The minimum Gasteiger partial charge on any atom is -0.496 e. The maximum atomic E-state index is 6.53. The molecule has 1 aliphatic carbocycles. The van der Waals surface area contributed by atoms with Crippen LogP contribution in [0.1, 0.15) is 52.2 Å². The highest BCUT2D eigenvalue weighted by Gasteiger charge is 2.25. The predicted molar refractivity (Wildman–Crippen MR) is 145 cm³/mol. The minimum absolute atomic E-state index is 0. The first-order valence-electron chi connectivity index (χ1n) is 10.7. The molecule has 33 heavy (non-hydrogen) atoms. The Hall–Kier alpha value is -1.55. The molecule has 7 heteroatoms. The summed E-state index contributed by atoms with van der Waals surface area (Å²) < 4.78 is 6.45. The molecule has 174 valence electrons. The summed E-state index contributed by atoms with van der Waals surface area (Å²) >= 11 is 11.6. The number of nitrogens with zero attached hydrogens (tertiary/aromatic N) is 1. The average molecular weight is 566 g/mol. The number of nitrogens with two attached hydrogens (primary N) is 1. The lowest BCUT2D eigenvalue weighted by Gasteiger charge is -2.11. The van der Waals surface area contributed by atoms with E-state index in [4.69, 9.17) is 27.1 Å². The Labute approximate surface area is 219 Å². The van der Waals surface area contributed by atoms with Crippen LogP contribution in [0.5, 0.6) is 5.75 Å². The normalized spacial score (nSPS) is 14.6. The number of aromatic nitrogens is 1. The number of benzene rings is 2. The van der Waals surface area contributed by atoms with Gasteiger partial charge in [-0.3, -0.25) is 0 Å². The number of ether oxygens (including phenoxy) is 1. The second kappa shape index (κ2) is 11.3. The molecule has 1 unspecified atom stereocenters. The number of hydrogen-bond acceptors (Lipinski definition) is 4. The Morgan fingerprint density at radius 3 is 2.55 bits per heavy atom. The molecule has 0 spiro atoms. The van der Waals surface area contributed by atoms with Gasteiger partial charge in [-0.2, -0.15) is 0 Å². The van der Waals surface area contributed by atoms with Crippen molar-refractivity contribution < 1.29 is 4.74 Å². The zero-order valence-electron chi connectivity index (χ0n) is 18.8. The third-order valence-electron chi connectivity index (χ3n) is 5.77. The Morgan fingerprint density at radius 1 is 1.21 bits per heavy atom. The third-order valence-corrected chi connectivity index (χ3v) is 7.67. The number of aryl methyl sites for hydroxylation is 2. The smallest absolute Gasteiger partial charge is 0.123 e. The van der Waals surface area contributed by atoms with E-state index in [0.717, 1.165) is 49.3 Å². The number of rotatable bonds is 6. The fourth-order valence-electron chi connectivity index (χ4n) is 3.78. The molecule has 0 saturated heterocycles. The van der Waals surface area contributed by atoms with Crippen LogP contribution in [0, 0.1) is 31.6 Å².